The number of unbranched alkanes of at least 4 members (excludes halogenated alkanes) is 1. The van der Waals surface area contributed by atoms with E-state index in [-0.39, 0.29) is 23.4 Å². The topological polar surface area (TPSA) is 81.1 Å². The van der Waals surface area contributed by atoms with E-state index in [1.165, 1.54) is 0 Å². The third-order valence-corrected chi connectivity index (χ3v) is 7.13. The molecule has 0 spiro atoms. The highest BCUT2D eigenvalue weighted by Crippen LogP contribution is 2.41. The molecule has 4 rings (SSSR count). The number of fused-ring (bicyclic) bond motifs is 1. The van der Waals surface area contributed by atoms with Gasteiger partial charge in [-0.25, -0.2) is 4.98 Å². The summed E-state index contributed by atoms with van der Waals surface area (Å²) in [7, 11) is 1.59. The molecule has 2 aliphatic rings. The van der Waals surface area contributed by atoms with Crippen LogP contribution >= 0.6 is 23.2 Å². The number of rotatable bonds is 9. The summed E-state index contributed by atoms with van der Waals surface area (Å²) in [6.45, 7) is 6.13. The summed E-state index contributed by atoms with van der Waals surface area (Å²) in [5.41, 5.74) is 3.01. The number of aliphatic hydroxyl groups excluding tert-OH is 1. The summed E-state index contributed by atoms with van der Waals surface area (Å²) in [6.07, 6.45) is 1.61. The van der Waals surface area contributed by atoms with Crippen LogP contribution in [0.3, 0.4) is 0 Å². The maximum Gasteiger partial charge on any atom is 0.256 e. The Kier molecular flexibility index (Phi) is 7.87. The SMILES string of the molecule is CCCCOc1nc(C)cc(OC)c1CN1CCc2c(Cl)cc(C(O)C3COC3)c(Cl)c2C1=O. The fourth-order valence-electron chi connectivity index (χ4n) is 4.31. The van der Waals surface area contributed by atoms with Crippen molar-refractivity contribution < 1.29 is 24.1 Å². The van der Waals surface area contributed by atoms with Gasteiger partial charge in [-0.05, 0) is 31.4 Å². The van der Waals surface area contributed by atoms with E-state index in [1.807, 2.05) is 13.0 Å². The largest absolute Gasteiger partial charge is 0.496 e. The number of carbonyl (C=O) groups is 1. The van der Waals surface area contributed by atoms with Crippen LogP contribution in [0.4, 0.5) is 0 Å². The molecule has 1 saturated heterocycles. The molecular formula is C25H30Cl2N2O5. The fraction of sp³-hybridized carbons (Fsp3) is 0.520. The van der Waals surface area contributed by atoms with Crippen LogP contribution in [0.1, 0.15) is 58.6 Å². The summed E-state index contributed by atoms with van der Waals surface area (Å²) in [6, 6.07) is 3.52. The van der Waals surface area contributed by atoms with Crippen LogP contribution in [0.15, 0.2) is 12.1 Å². The van der Waals surface area contributed by atoms with E-state index in [0.717, 1.165) is 18.5 Å². The molecule has 1 N–H and O–H groups in total. The lowest BCUT2D eigenvalue weighted by Crippen LogP contribution is -2.38. The van der Waals surface area contributed by atoms with Gasteiger partial charge in [-0.3, -0.25) is 4.79 Å². The van der Waals surface area contributed by atoms with Gasteiger partial charge in [-0.1, -0.05) is 36.5 Å². The van der Waals surface area contributed by atoms with Gasteiger partial charge in [0, 0.05) is 34.8 Å². The molecule has 1 aromatic carbocycles. The lowest BCUT2D eigenvalue weighted by molar-refractivity contribution is -0.0923. The predicted molar refractivity (Wildman–Crippen MR) is 130 cm³/mol. The van der Waals surface area contributed by atoms with Crippen molar-refractivity contribution in [1.82, 2.24) is 9.88 Å². The Hall–Kier alpha value is -2.06. The molecular weight excluding hydrogens is 479 g/mol. The number of aliphatic hydroxyl groups is 1. The smallest absolute Gasteiger partial charge is 0.256 e. The van der Waals surface area contributed by atoms with Crippen LogP contribution in [-0.4, -0.2) is 54.4 Å². The molecule has 0 aliphatic carbocycles. The van der Waals surface area contributed by atoms with E-state index in [1.54, 1.807) is 18.1 Å². The number of carbonyl (C=O) groups excluding carboxylic acids is 1. The van der Waals surface area contributed by atoms with E-state index >= 15 is 0 Å². The number of benzene rings is 1. The monoisotopic (exact) mass is 508 g/mol. The predicted octanol–water partition coefficient (Wildman–Crippen LogP) is 4.76. The molecule has 1 unspecified atom stereocenters. The minimum atomic E-state index is -0.841. The number of halogens is 2. The first-order valence-corrected chi connectivity index (χ1v) is 12.3. The molecule has 34 heavy (non-hydrogen) atoms. The molecule has 2 aromatic rings. The molecule has 7 nitrogen and oxygen atoms in total. The van der Waals surface area contributed by atoms with Crippen molar-refractivity contribution in [3.05, 3.63) is 50.1 Å². The highest BCUT2D eigenvalue weighted by atomic mass is 35.5. The summed E-state index contributed by atoms with van der Waals surface area (Å²) < 4.78 is 16.8. The number of hydrogen-bond donors (Lipinski definition) is 1. The van der Waals surface area contributed by atoms with Crippen molar-refractivity contribution in [2.24, 2.45) is 5.92 Å². The van der Waals surface area contributed by atoms with Gasteiger partial charge < -0.3 is 24.2 Å². The minimum Gasteiger partial charge on any atom is -0.496 e. The number of aromatic nitrogens is 1. The molecule has 3 heterocycles. The van der Waals surface area contributed by atoms with Crippen LogP contribution < -0.4 is 9.47 Å². The lowest BCUT2D eigenvalue weighted by atomic mass is 9.89. The molecule has 0 bridgehead atoms. The van der Waals surface area contributed by atoms with Crippen molar-refractivity contribution in [3.8, 4) is 11.6 Å². The van der Waals surface area contributed by atoms with E-state index < -0.39 is 6.10 Å². The normalized spacial score (nSPS) is 16.8. The number of aryl methyl sites for hydroxylation is 1. The van der Waals surface area contributed by atoms with Crippen molar-refractivity contribution in [2.45, 2.75) is 45.8 Å². The number of hydrogen-bond acceptors (Lipinski definition) is 6. The van der Waals surface area contributed by atoms with Gasteiger partial charge in [-0.2, -0.15) is 0 Å². The maximum absolute atomic E-state index is 13.6. The summed E-state index contributed by atoms with van der Waals surface area (Å²) in [4.78, 5) is 19.9. The van der Waals surface area contributed by atoms with Gasteiger partial charge in [0.25, 0.3) is 5.91 Å². The molecule has 2 aliphatic heterocycles. The Morgan fingerprint density at radius 3 is 2.74 bits per heavy atom. The van der Waals surface area contributed by atoms with Gasteiger partial charge in [0.05, 0.1) is 55.7 Å². The Labute approximate surface area is 209 Å². The average molecular weight is 509 g/mol. The molecule has 1 aromatic heterocycles. The van der Waals surface area contributed by atoms with Gasteiger partial charge in [0.15, 0.2) is 0 Å². The molecule has 1 amide bonds. The standard InChI is InChI=1S/C25H30Cl2N2O5/c1-4-5-8-34-24-18(20(32-3)9-14(2)28-24)11-29-7-6-16-19(26)10-17(22(27)21(16)25(29)31)23(30)15-12-33-13-15/h9-10,15,23,30H,4-8,11-13H2,1-3H3. The zero-order valence-corrected chi connectivity index (χ0v) is 21.2. The molecule has 184 valence electrons. The quantitative estimate of drug-likeness (QED) is 0.491. The number of amides is 1. The van der Waals surface area contributed by atoms with Crippen molar-refractivity contribution in [2.75, 3.05) is 33.5 Å². The molecule has 9 heteroatoms. The van der Waals surface area contributed by atoms with Crippen LogP contribution in [0.25, 0.3) is 0 Å². The van der Waals surface area contributed by atoms with Gasteiger partial charge >= 0.3 is 0 Å². The van der Waals surface area contributed by atoms with E-state index in [0.29, 0.717) is 71.7 Å². The van der Waals surface area contributed by atoms with E-state index in [2.05, 4.69) is 11.9 Å². The second-order valence-corrected chi connectivity index (χ2v) is 9.57. The van der Waals surface area contributed by atoms with Gasteiger partial charge in [-0.15, -0.1) is 0 Å². The number of ether oxygens (including phenoxy) is 3. The van der Waals surface area contributed by atoms with E-state index in [4.69, 9.17) is 37.4 Å². The summed E-state index contributed by atoms with van der Waals surface area (Å²) >= 11 is 13.3. The van der Waals surface area contributed by atoms with Crippen LogP contribution in [0.2, 0.25) is 10.0 Å². The Balaban J connectivity index is 1.66. The zero-order chi connectivity index (χ0) is 24.4. The average Bonchev–Trinajstić information content (AvgIpc) is 2.77. The fourth-order valence-corrected chi connectivity index (χ4v) is 4.97. The third kappa shape index (κ3) is 4.85. The van der Waals surface area contributed by atoms with Crippen molar-refractivity contribution in [3.63, 3.8) is 0 Å². The first kappa shape index (κ1) is 25.0. The number of nitrogens with zero attached hydrogens (tertiary/aromatic N) is 2. The van der Waals surface area contributed by atoms with Crippen LogP contribution in [0.5, 0.6) is 11.6 Å². The first-order valence-electron chi connectivity index (χ1n) is 11.6. The Bertz CT molecular complexity index is 1070. The summed E-state index contributed by atoms with van der Waals surface area (Å²) in [5, 5.41) is 11.5. The first-order chi connectivity index (χ1) is 16.3. The van der Waals surface area contributed by atoms with Crippen molar-refractivity contribution >= 4 is 29.1 Å². The number of methoxy groups -OCH3 is 1. The lowest BCUT2D eigenvalue weighted by Gasteiger charge is -2.34. The zero-order valence-electron chi connectivity index (χ0n) is 19.7. The van der Waals surface area contributed by atoms with Crippen LogP contribution in [-0.2, 0) is 17.7 Å². The number of pyridine rings is 1. The second-order valence-electron chi connectivity index (χ2n) is 8.79. The maximum atomic E-state index is 13.6. The molecule has 0 saturated carbocycles. The third-order valence-electron chi connectivity index (χ3n) is 6.39. The molecule has 1 atom stereocenters. The Morgan fingerprint density at radius 2 is 2.09 bits per heavy atom. The minimum absolute atomic E-state index is 0.0628. The van der Waals surface area contributed by atoms with Gasteiger partial charge in [0.2, 0.25) is 5.88 Å². The second kappa shape index (κ2) is 10.7. The van der Waals surface area contributed by atoms with Crippen molar-refractivity contribution in [1.29, 1.82) is 0 Å². The Morgan fingerprint density at radius 1 is 1.32 bits per heavy atom. The van der Waals surface area contributed by atoms with Gasteiger partial charge in [0.1, 0.15) is 5.75 Å². The highest BCUT2D eigenvalue weighted by Gasteiger charge is 2.35. The summed E-state index contributed by atoms with van der Waals surface area (Å²) in [5.74, 6) is 0.791. The molecule has 1 fully saturated rings. The highest BCUT2D eigenvalue weighted by molar-refractivity contribution is 6.37. The molecule has 0 radical (unpaired) electrons. The van der Waals surface area contributed by atoms with E-state index in [9.17, 15) is 9.90 Å². The van der Waals surface area contributed by atoms with Crippen LogP contribution in [0, 0.1) is 12.8 Å².